The van der Waals surface area contributed by atoms with Crippen LogP contribution in [0.2, 0.25) is 0 Å². The molecule has 0 saturated heterocycles. The largest absolute Gasteiger partial charge is 0.481 e. The SMILES string of the molecule is CN(CC1CC1)C(=O)NCC1CCC(C(=O)O)CC1. The molecular formula is C14H24N2O3. The highest BCUT2D eigenvalue weighted by atomic mass is 16.4. The zero-order valence-corrected chi connectivity index (χ0v) is 11.6. The van der Waals surface area contributed by atoms with Crippen LogP contribution in [0.5, 0.6) is 0 Å². The molecule has 0 atom stereocenters. The Bertz CT molecular complexity index is 334. The van der Waals surface area contributed by atoms with Crippen LogP contribution in [0.4, 0.5) is 4.79 Å². The topological polar surface area (TPSA) is 69.6 Å². The summed E-state index contributed by atoms with van der Waals surface area (Å²) < 4.78 is 0. The number of carbonyl (C=O) groups excluding carboxylic acids is 1. The van der Waals surface area contributed by atoms with Crippen LogP contribution in [0.25, 0.3) is 0 Å². The first-order valence-electron chi connectivity index (χ1n) is 7.28. The molecule has 2 N–H and O–H groups in total. The van der Waals surface area contributed by atoms with Crippen molar-refractivity contribution >= 4 is 12.0 Å². The second kappa shape index (κ2) is 6.26. The predicted molar refractivity (Wildman–Crippen MR) is 71.8 cm³/mol. The molecule has 0 spiro atoms. The van der Waals surface area contributed by atoms with Gasteiger partial charge in [0, 0.05) is 20.1 Å². The van der Waals surface area contributed by atoms with Crippen molar-refractivity contribution < 1.29 is 14.7 Å². The molecule has 0 aliphatic heterocycles. The van der Waals surface area contributed by atoms with Gasteiger partial charge >= 0.3 is 12.0 Å². The third-order valence-electron chi connectivity index (χ3n) is 4.31. The molecule has 5 heteroatoms. The monoisotopic (exact) mass is 268 g/mol. The third-order valence-corrected chi connectivity index (χ3v) is 4.31. The normalized spacial score (nSPS) is 26.8. The number of hydrogen-bond donors (Lipinski definition) is 2. The van der Waals surface area contributed by atoms with Crippen molar-refractivity contribution in [2.24, 2.45) is 17.8 Å². The number of rotatable bonds is 5. The predicted octanol–water partition coefficient (Wildman–Crippen LogP) is 1.93. The summed E-state index contributed by atoms with van der Waals surface area (Å²) >= 11 is 0. The van der Waals surface area contributed by atoms with E-state index in [1.807, 2.05) is 7.05 Å². The molecule has 2 saturated carbocycles. The first-order chi connectivity index (χ1) is 9.06. The van der Waals surface area contributed by atoms with Crippen molar-refractivity contribution in [3.05, 3.63) is 0 Å². The summed E-state index contributed by atoms with van der Waals surface area (Å²) in [5, 5.41) is 11.9. The van der Waals surface area contributed by atoms with Gasteiger partial charge in [-0.05, 0) is 50.4 Å². The van der Waals surface area contributed by atoms with Gasteiger partial charge in [0.25, 0.3) is 0 Å². The number of nitrogens with one attached hydrogen (secondary N) is 1. The van der Waals surface area contributed by atoms with Crippen molar-refractivity contribution in [3.8, 4) is 0 Å². The van der Waals surface area contributed by atoms with Crippen molar-refractivity contribution in [1.29, 1.82) is 0 Å². The first kappa shape index (κ1) is 14.2. The number of carboxylic acids is 1. The lowest BCUT2D eigenvalue weighted by Gasteiger charge is -2.27. The molecule has 2 rings (SSSR count). The number of hydrogen-bond acceptors (Lipinski definition) is 2. The summed E-state index contributed by atoms with van der Waals surface area (Å²) in [6, 6.07) is 0.00672. The quantitative estimate of drug-likeness (QED) is 0.800. The van der Waals surface area contributed by atoms with E-state index >= 15 is 0 Å². The van der Waals surface area contributed by atoms with Crippen molar-refractivity contribution in [2.75, 3.05) is 20.1 Å². The van der Waals surface area contributed by atoms with Crippen molar-refractivity contribution in [2.45, 2.75) is 38.5 Å². The standard InChI is InChI=1S/C14H24N2O3/c1-16(9-11-2-3-11)14(19)15-8-10-4-6-12(7-5-10)13(17)18/h10-12H,2-9H2,1H3,(H,15,19)(H,17,18). The molecule has 2 fully saturated rings. The summed E-state index contributed by atoms with van der Waals surface area (Å²) in [6.45, 7) is 1.54. The van der Waals surface area contributed by atoms with Gasteiger partial charge in [0.1, 0.15) is 0 Å². The second-order valence-electron chi connectivity index (χ2n) is 6.07. The van der Waals surface area contributed by atoms with Gasteiger partial charge < -0.3 is 15.3 Å². The van der Waals surface area contributed by atoms with Gasteiger partial charge in [0.05, 0.1) is 5.92 Å². The molecule has 2 aliphatic carbocycles. The summed E-state index contributed by atoms with van der Waals surface area (Å²) in [7, 11) is 1.84. The van der Waals surface area contributed by atoms with Gasteiger partial charge in [-0.25, -0.2) is 4.79 Å². The maximum absolute atomic E-state index is 11.8. The fraction of sp³-hybridized carbons (Fsp3) is 0.857. The van der Waals surface area contributed by atoms with Crippen LogP contribution in [0.3, 0.4) is 0 Å². The van der Waals surface area contributed by atoms with Crippen LogP contribution in [-0.2, 0) is 4.79 Å². The van der Waals surface area contributed by atoms with Crippen LogP contribution < -0.4 is 5.32 Å². The van der Waals surface area contributed by atoms with Gasteiger partial charge in [-0.1, -0.05) is 0 Å². The van der Waals surface area contributed by atoms with Crippen LogP contribution in [0, 0.1) is 17.8 Å². The minimum atomic E-state index is -0.674. The van der Waals surface area contributed by atoms with E-state index < -0.39 is 5.97 Å². The number of amides is 2. The Morgan fingerprint density at radius 2 is 1.68 bits per heavy atom. The highest BCUT2D eigenvalue weighted by Gasteiger charge is 2.27. The second-order valence-corrected chi connectivity index (χ2v) is 6.07. The number of aliphatic carboxylic acids is 1. The maximum Gasteiger partial charge on any atom is 0.317 e. The Balaban J connectivity index is 1.62. The number of urea groups is 1. The average molecular weight is 268 g/mol. The zero-order valence-electron chi connectivity index (χ0n) is 11.6. The molecule has 0 aromatic rings. The fourth-order valence-electron chi connectivity index (χ4n) is 2.75. The molecule has 0 radical (unpaired) electrons. The molecule has 5 nitrogen and oxygen atoms in total. The minimum absolute atomic E-state index is 0.00672. The average Bonchev–Trinajstić information content (AvgIpc) is 3.20. The molecular weight excluding hydrogens is 244 g/mol. The number of nitrogens with zero attached hydrogens (tertiary/aromatic N) is 1. The zero-order chi connectivity index (χ0) is 13.8. The van der Waals surface area contributed by atoms with Gasteiger partial charge in [0.2, 0.25) is 0 Å². The number of carbonyl (C=O) groups is 2. The molecule has 0 heterocycles. The van der Waals surface area contributed by atoms with E-state index in [1.165, 1.54) is 12.8 Å². The third kappa shape index (κ3) is 4.40. The molecule has 0 aromatic carbocycles. The Labute approximate surface area is 114 Å². The van der Waals surface area contributed by atoms with Gasteiger partial charge in [-0.15, -0.1) is 0 Å². The van der Waals surface area contributed by atoms with E-state index in [4.69, 9.17) is 5.11 Å². The summed E-state index contributed by atoms with van der Waals surface area (Å²) in [4.78, 5) is 24.5. The molecule has 0 unspecified atom stereocenters. The van der Waals surface area contributed by atoms with Gasteiger partial charge in [-0.3, -0.25) is 4.79 Å². The lowest BCUT2D eigenvalue weighted by Crippen LogP contribution is -2.41. The van der Waals surface area contributed by atoms with Crippen LogP contribution in [0.15, 0.2) is 0 Å². The Kier molecular flexibility index (Phi) is 4.66. The van der Waals surface area contributed by atoms with E-state index in [0.717, 1.165) is 32.2 Å². The van der Waals surface area contributed by atoms with E-state index in [2.05, 4.69) is 5.32 Å². The van der Waals surface area contributed by atoms with Crippen LogP contribution in [-0.4, -0.2) is 42.1 Å². The lowest BCUT2D eigenvalue weighted by molar-refractivity contribution is -0.143. The van der Waals surface area contributed by atoms with E-state index in [-0.39, 0.29) is 11.9 Å². The van der Waals surface area contributed by atoms with Crippen LogP contribution in [0.1, 0.15) is 38.5 Å². The smallest absolute Gasteiger partial charge is 0.317 e. The summed E-state index contributed by atoms with van der Waals surface area (Å²) in [5.41, 5.74) is 0. The Morgan fingerprint density at radius 3 is 2.21 bits per heavy atom. The minimum Gasteiger partial charge on any atom is -0.481 e. The fourth-order valence-corrected chi connectivity index (χ4v) is 2.75. The molecule has 0 bridgehead atoms. The lowest BCUT2D eigenvalue weighted by atomic mass is 9.82. The highest BCUT2D eigenvalue weighted by Crippen LogP contribution is 2.30. The van der Waals surface area contributed by atoms with Gasteiger partial charge in [-0.2, -0.15) is 0 Å². The first-order valence-corrected chi connectivity index (χ1v) is 7.28. The Morgan fingerprint density at radius 1 is 1.11 bits per heavy atom. The number of carboxylic acid groups (broad SMARTS) is 1. The molecule has 108 valence electrons. The molecule has 2 aliphatic rings. The molecule has 19 heavy (non-hydrogen) atoms. The van der Waals surface area contributed by atoms with E-state index in [0.29, 0.717) is 18.4 Å². The maximum atomic E-state index is 11.8. The van der Waals surface area contributed by atoms with E-state index in [9.17, 15) is 9.59 Å². The highest BCUT2D eigenvalue weighted by molar-refractivity contribution is 5.73. The van der Waals surface area contributed by atoms with Crippen molar-refractivity contribution in [3.63, 3.8) is 0 Å². The van der Waals surface area contributed by atoms with Gasteiger partial charge in [0.15, 0.2) is 0 Å². The van der Waals surface area contributed by atoms with Crippen LogP contribution >= 0.6 is 0 Å². The Hall–Kier alpha value is -1.26. The summed E-state index contributed by atoms with van der Waals surface area (Å²) in [6.07, 6.45) is 5.79. The van der Waals surface area contributed by atoms with Crippen molar-refractivity contribution in [1.82, 2.24) is 10.2 Å². The molecule has 2 amide bonds. The van der Waals surface area contributed by atoms with E-state index in [1.54, 1.807) is 4.90 Å². The molecule has 0 aromatic heterocycles. The summed E-state index contributed by atoms with van der Waals surface area (Å²) in [5.74, 6) is 0.298.